The van der Waals surface area contributed by atoms with E-state index in [1.807, 2.05) is 65.2 Å². The Morgan fingerprint density at radius 2 is 1.97 bits per heavy atom. The molecule has 0 aliphatic carbocycles. The molecule has 0 saturated carbocycles. The maximum atomic E-state index is 13.0. The number of hydrogen-bond acceptors (Lipinski definition) is 5. The van der Waals surface area contributed by atoms with Gasteiger partial charge in [0.15, 0.2) is 17.3 Å². The van der Waals surface area contributed by atoms with Crippen LogP contribution >= 0.6 is 0 Å². The van der Waals surface area contributed by atoms with Gasteiger partial charge in [0, 0.05) is 35.8 Å². The summed E-state index contributed by atoms with van der Waals surface area (Å²) in [7, 11) is 1.93. The van der Waals surface area contributed by atoms with Crippen LogP contribution in [0.15, 0.2) is 48.7 Å². The summed E-state index contributed by atoms with van der Waals surface area (Å²) in [5.41, 5.74) is 2.76. The molecule has 1 aliphatic heterocycles. The van der Waals surface area contributed by atoms with E-state index in [9.17, 15) is 4.79 Å². The minimum atomic E-state index is 0.0666. The first kappa shape index (κ1) is 19.0. The zero-order chi connectivity index (χ0) is 20.2. The van der Waals surface area contributed by atoms with Crippen LogP contribution in [-0.4, -0.2) is 42.1 Å². The van der Waals surface area contributed by atoms with Gasteiger partial charge in [0.25, 0.3) is 0 Å². The van der Waals surface area contributed by atoms with E-state index in [0.29, 0.717) is 44.8 Å². The summed E-state index contributed by atoms with van der Waals surface area (Å²) >= 11 is 0. The van der Waals surface area contributed by atoms with Crippen molar-refractivity contribution in [3.8, 4) is 17.6 Å². The van der Waals surface area contributed by atoms with Crippen LogP contribution in [0.25, 0.3) is 10.9 Å². The number of aromatic nitrogens is 1. The molecule has 0 saturated heterocycles. The molecule has 0 N–H and O–H groups in total. The second-order valence-corrected chi connectivity index (χ2v) is 7.23. The summed E-state index contributed by atoms with van der Waals surface area (Å²) < 4.78 is 13.2. The lowest BCUT2D eigenvalue weighted by molar-refractivity contribution is 0.0944. The van der Waals surface area contributed by atoms with Gasteiger partial charge in [-0.2, -0.15) is 5.26 Å². The van der Waals surface area contributed by atoms with E-state index in [0.717, 1.165) is 28.0 Å². The van der Waals surface area contributed by atoms with Gasteiger partial charge in [0.05, 0.1) is 19.0 Å². The summed E-state index contributed by atoms with van der Waals surface area (Å²) in [6.07, 6.45) is 2.29. The standard InChI is InChI=1S/C23H23N3O3/c1-25(14-17-7-8-22-23(13-17)29-12-11-28-22)16-21(27)19-15-26(10-4-9-24)20-6-3-2-5-18(19)20/h2-3,5-8,13,15H,4,10-12,14,16H2,1H3. The lowest BCUT2D eigenvalue weighted by atomic mass is 10.1. The van der Waals surface area contributed by atoms with Crippen LogP contribution in [0.5, 0.6) is 11.5 Å². The quantitative estimate of drug-likeness (QED) is 0.577. The molecule has 6 nitrogen and oxygen atoms in total. The number of hydrogen-bond donors (Lipinski definition) is 0. The molecule has 0 spiro atoms. The fourth-order valence-electron chi connectivity index (χ4n) is 3.71. The minimum Gasteiger partial charge on any atom is -0.486 e. The van der Waals surface area contributed by atoms with E-state index in [-0.39, 0.29) is 5.78 Å². The maximum absolute atomic E-state index is 13.0. The van der Waals surface area contributed by atoms with Gasteiger partial charge < -0.3 is 14.0 Å². The summed E-state index contributed by atoms with van der Waals surface area (Å²) in [4.78, 5) is 15.0. The summed E-state index contributed by atoms with van der Waals surface area (Å²) in [6.45, 7) is 2.65. The number of likely N-dealkylation sites (N-methyl/N-ethyl adjacent to an activating group) is 1. The molecule has 0 radical (unpaired) electrons. The van der Waals surface area contributed by atoms with Crippen molar-refractivity contribution in [1.82, 2.24) is 9.47 Å². The molecule has 0 fully saturated rings. The zero-order valence-corrected chi connectivity index (χ0v) is 16.4. The first-order chi connectivity index (χ1) is 14.2. The van der Waals surface area contributed by atoms with Crippen molar-refractivity contribution >= 4 is 16.7 Å². The average Bonchev–Trinajstić information content (AvgIpc) is 3.11. The van der Waals surface area contributed by atoms with E-state index in [1.165, 1.54) is 0 Å². The number of nitrogens with zero attached hydrogens (tertiary/aromatic N) is 3. The topological polar surface area (TPSA) is 67.5 Å². The molecule has 3 aromatic rings. The van der Waals surface area contributed by atoms with Crippen LogP contribution in [0.1, 0.15) is 22.3 Å². The molecule has 6 heteroatoms. The Bertz CT molecular complexity index is 1080. The zero-order valence-electron chi connectivity index (χ0n) is 16.4. The molecule has 4 rings (SSSR count). The first-order valence-corrected chi connectivity index (χ1v) is 9.71. The van der Waals surface area contributed by atoms with Crippen molar-refractivity contribution in [2.45, 2.75) is 19.5 Å². The normalized spacial score (nSPS) is 12.9. The van der Waals surface area contributed by atoms with Gasteiger partial charge in [-0.1, -0.05) is 24.3 Å². The number of rotatable bonds is 7. The van der Waals surface area contributed by atoms with Crippen LogP contribution in [-0.2, 0) is 13.1 Å². The number of ether oxygens (including phenoxy) is 2. The summed E-state index contributed by atoms with van der Waals surface area (Å²) in [5.74, 6) is 1.59. The van der Waals surface area contributed by atoms with E-state index in [1.54, 1.807) is 0 Å². The van der Waals surface area contributed by atoms with Gasteiger partial charge in [-0.15, -0.1) is 0 Å². The third kappa shape index (κ3) is 4.10. The summed E-state index contributed by atoms with van der Waals surface area (Å²) in [6, 6.07) is 15.9. The lowest BCUT2D eigenvalue weighted by Gasteiger charge is -2.20. The van der Waals surface area contributed by atoms with Gasteiger partial charge in [-0.05, 0) is 30.8 Å². The van der Waals surface area contributed by atoms with Crippen molar-refractivity contribution < 1.29 is 14.3 Å². The highest BCUT2D eigenvalue weighted by atomic mass is 16.6. The predicted molar refractivity (Wildman–Crippen MR) is 110 cm³/mol. The van der Waals surface area contributed by atoms with E-state index >= 15 is 0 Å². The van der Waals surface area contributed by atoms with E-state index in [2.05, 4.69) is 6.07 Å². The van der Waals surface area contributed by atoms with Crippen LogP contribution in [0.4, 0.5) is 0 Å². The lowest BCUT2D eigenvalue weighted by Crippen LogP contribution is -2.25. The van der Waals surface area contributed by atoms with Gasteiger partial charge >= 0.3 is 0 Å². The number of ketones is 1. The fraction of sp³-hybridized carbons (Fsp3) is 0.304. The second kappa shape index (κ2) is 8.38. The number of fused-ring (bicyclic) bond motifs is 2. The van der Waals surface area contributed by atoms with E-state index < -0.39 is 0 Å². The molecule has 0 bridgehead atoms. The SMILES string of the molecule is CN(CC(=O)c1cn(CCC#N)c2ccccc12)Cc1ccc2c(c1)OCCO2. The number of para-hydroxylation sites is 1. The van der Waals surface area contributed by atoms with E-state index in [4.69, 9.17) is 14.7 Å². The predicted octanol–water partition coefficient (Wildman–Crippen LogP) is 3.64. The van der Waals surface area contributed by atoms with Gasteiger partial charge in [0.2, 0.25) is 0 Å². The molecule has 1 aliphatic rings. The van der Waals surface area contributed by atoms with Crippen molar-refractivity contribution in [3.63, 3.8) is 0 Å². The smallest absolute Gasteiger partial charge is 0.178 e. The third-order valence-corrected chi connectivity index (χ3v) is 5.03. The Balaban J connectivity index is 1.48. The average molecular weight is 389 g/mol. The molecule has 29 heavy (non-hydrogen) atoms. The fourth-order valence-corrected chi connectivity index (χ4v) is 3.71. The largest absolute Gasteiger partial charge is 0.486 e. The monoisotopic (exact) mass is 389 g/mol. The third-order valence-electron chi connectivity index (χ3n) is 5.03. The maximum Gasteiger partial charge on any atom is 0.178 e. The number of carbonyl (C=O) groups excluding carboxylic acids is 1. The molecule has 0 unspecified atom stereocenters. The van der Waals surface area contributed by atoms with Gasteiger partial charge in [0.1, 0.15) is 13.2 Å². The number of nitriles is 1. The minimum absolute atomic E-state index is 0.0666. The van der Waals surface area contributed by atoms with Crippen molar-refractivity contribution in [3.05, 3.63) is 59.8 Å². The highest BCUT2D eigenvalue weighted by Crippen LogP contribution is 2.31. The Labute approximate surface area is 169 Å². The Kier molecular flexibility index (Phi) is 5.50. The molecule has 0 atom stereocenters. The first-order valence-electron chi connectivity index (χ1n) is 9.71. The van der Waals surface area contributed by atoms with Crippen LogP contribution in [0.3, 0.4) is 0 Å². The molecule has 1 aromatic heterocycles. The van der Waals surface area contributed by atoms with Crippen LogP contribution in [0, 0.1) is 11.3 Å². The highest BCUT2D eigenvalue weighted by molar-refractivity contribution is 6.09. The molecule has 148 valence electrons. The molecule has 2 heterocycles. The molecule has 0 amide bonds. The number of carbonyl (C=O) groups is 1. The van der Waals surface area contributed by atoms with Crippen LogP contribution in [0.2, 0.25) is 0 Å². The highest BCUT2D eigenvalue weighted by Gasteiger charge is 2.17. The van der Waals surface area contributed by atoms with Crippen molar-refractivity contribution in [2.75, 3.05) is 26.8 Å². The molecule has 2 aromatic carbocycles. The van der Waals surface area contributed by atoms with Crippen molar-refractivity contribution in [2.24, 2.45) is 0 Å². The number of Topliss-reactive ketones (excluding diaryl/α,β-unsaturated/α-hetero) is 1. The van der Waals surface area contributed by atoms with Crippen molar-refractivity contribution in [1.29, 1.82) is 5.26 Å². The van der Waals surface area contributed by atoms with Gasteiger partial charge in [-0.25, -0.2) is 0 Å². The Hall–Kier alpha value is -3.30. The molecular formula is C23H23N3O3. The number of benzene rings is 2. The Morgan fingerprint density at radius 3 is 2.79 bits per heavy atom. The summed E-state index contributed by atoms with van der Waals surface area (Å²) in [5, 5.41) is 9.83. The number of aryl methyl sites for hydroxylation is 1. The van der Waals surface area contributed by atoms with Gasteiger partial charge in [-0.3, -0.25) is 9.69 Å². The second-order valence-electron chi connectivity index (χ2n) is 7.23. The Morgan fingerprint density at radius 1 is 1.17 bits per heavy atom. The van der Waals surface area contributed by atoms with Crippen LogP contribution < -0.4 is 9.47 Å². The molecular weight excluding hydrogens is 366 g/mol.